The Bertz CT molecular complexity index is 778. The molecular formula is C15H10BrClF3NO2. The molecule has 3 nitrogen and oxygen atoms in total. The van der Waals surface area contributed by atoms with Gasteiger partial charge in [0, 0.05) is 9.50 Å². The number of rotatable bonds is 2. The molecule has 0 saturated heterocycles. The van der Waals surface area contributed by atoms with E-state index in [1.807, 2.05) is 0 Å². The van der Waals surface area contributed by atoms with Gasteiger partial charge in [-0.15, -0.1) is 0 Å². The zero-order valence-corrected chi connectivity index (χ0v) is 14.0. The van der Waals surface area contributed by atoms with Crippen LogP contribution in [0.3, 0.4) is 0 Å². The first kappa shape index (κ1) is 17.6. The average Bonchev–Trinajstić information content (AvgIpc) is 2.43. The number of hydrogen-bond donors (Lipinski definition) is 2. The Labute approximate surface area is 143 Å². The van der Waals surface area contributed by atoms with Crippen molar-refractivity contribution in [3.05, 3.63) is 56.5 Å². The molecule has 0 aliphatic heterocycles. The molecule has 23 heavy (non-hydrogen) atoms. The van der Waals surface area contributed by atoms with E-state index in [0.29, 0.717) is 10.6 Å². The quantitative estimate of drug-likeness (QED) is 0.700. The maximum absolute atomic E-state index is 12.6. The van der Waals surface area contributed by atoms with Crippen LogP contribution in [-0.2, 0) is 6.18 Å². The van der Waals surface area contributed by atoms with Crippen LogP contribution in [0.25, 0.3) is 0 Å². The fourth-order valence-corrected chi connectivity index (χ4v) is 2.47. The Kier molecular flexibility index (Phi) is 4.91. The van der Waals surface area contributed by atoms with Gasteiger partial charge in [0.1, 0.15) is 5.75 Å². The summed E-state index contributed by atoms with van der Waals surface area (Å²) in [5, 5.41) is 12.5. The van der Waals surface area contributed by atoms with Crippen molar-refractivity contribution in [1.29, 1.82) is 0 Å². The second-order valence-corrected chi connectivity index (χ2v) is 6.03. The molecule has 0 bridgehead atoms. The lowest BCUT2D eigenvalue weighted by atomic mass is 10.1. The van der Waals surface area contributed by atoms with Crippen LogP contribution in [0, 0.1) is 6.92 Å². The number of aryl methyl sites for hydroxylation is 1. The van der Waals surface area contributed by atoms with Crippen LogP contribution in [0.1, 0.15) is 21.5 Å². The van der Waals surface area contributed by atoms with Crippen LogP contribution < -0.4 is 5.32 Å². The minimum atomic E-state index is -4.48. The van der Waals surface area contributed by atoms with Gasteiger partial charge in [-0.2, -0.15) is 13.2 Å². The smallest absolute Gasteiger partial charge is 0.416 e. The molecule has 2 N–H and O–H groups in total. The van der Waals surface area contributed by atoms with Gasteiger partial charge in [-0.1, -0.05) is 11.6 Å². The molecule has 2 rings (SSSR count). The number of carbonyl (C=O) groups excluding carboxylic acids is 1. The number of halogens is 5. The predicted molar refractivity (Wildman–Crippen MR) is 85.0 cm³/mol. The molecule has 0 aromatic heterocycles. The highest BCUT2D eigenvalue weighted by Crippen LogP contribution is 2.34. The number of carbonyl (C=O) groups is 1. The maximum atomic E-state index is 12.6. The lowest BCUT2D eigenvalue weighted by molar-refractivity contribution is -0.137. The fraction of sp³-hybridized carbons (Fsp3) is 0.133. The molecule has 0 spiro atoms. The van der Waals surface area contributed by atoms with Gasteiger partial charge < -0.3 is 10.4 Å². The number of benzene rings is 2. The number of phenolic OH excluding ortho intramolecular Hbond substituents is 1. The molecule has 122 valence electrons. The van der Waals surface area contributed by atoms with E-state index in [4.69, 9.17) is 11.6 Å². The zero-order chi connectivity index (χ0) is 17.4. The molecular weight excluding hydrogens is 399 g/mol. The molecule has 1 amide bonds. The number of phenols is 1. The highest BCUT2D eigenvalue weighted by atomic mass is 79.9. The molecule has 0 atom stereocenters. The maximum Gasteiger partial charge on any atom is 0.416 e. The minimum Gasteiger partial charge on any atom is -0.507 e. The standard InChI is InChI=1S/C15H10BrClF3NO2/c1-7-4-9(13(22)6-11(7)17)14(23)21-12-3-2-8(5-10(12)16)15(18,19)20/h2-6,22H,1H3,(H,21,23). The highest BCUT2D eigenvalue weighted by molar-refractivity contribution is 9.10. The van der Waals surface area contributed by atoms with Crippen LogP contribution in [-0.4, -0.2) is 11.0 Å². The molecule has 0 heterocycles. The van der Waals surface area contributed by atoms with E-state index in [2.05, 4.69) is 21.2 Å². The van der Waals surface area contributed by atoms with Crippen LogP contribution in [0.2, 0.25) is 5.02 Å². The van der Waals surface area contributed by atoms with Gasteiger partial charge in [-0.3, -0.25) is 4.79 Å². The number of nitrogens with one attached hydrogen (secondary N) is 1. The van der Waals surface area contributed by atoms with Crippen molar-refractivity contribution in [2.75, 3.05) is 5.32 Å². The summed E-state index contributed by atoms with van der Waals surface area (Å²) in [5.74, 6) is -0.983. The SMILES string of the molecule is Cc1cc(C(=O)Nc2ccc(C(F)(F)F)cc2Br)c(O)cc1Cl. The third-order valence-electron chi connectivity index (χ3n) is 3.07. The van der Waals surface area contributed by atoms with E-state index in [9.17, 15) is 23.1 Å². The van der Waals surface area contributed by atoms with Gasteiger partial charge in [-0.05, 0) is 58.7 Å². The number of anilines is 1. The van der Waals surface area contributed by atoms with Crippen LogP contribution >= 0.6 is 27.5 Å². The van der Waals surface area contributed by atoms with E-state index in [0.717, 1.165) is 18.2 Å². The monoisotopic (exact) mass is 407 g/mol. The molecule has 2 aromatic carbocycles. The Balaban J connectivity index is 2.29. The second kappa shape index (κ2) is 6.41. The number of alkyl halides is 3. The van der Waals surface area contributed by atoms with Gasteiger partial charge in [0.05, 0.1) is 16.8 Å². The van der Waals surface area contributed by atoms with Crippen molar-refractivity contribution in [3.8, 4) is 5.75 Å². The summed E-state index contributed by atoms with van der Waals surface area (Å²) in [6, 6.07) is 5.47. The fourth-order valence-electron chi connectivity index (χ4n) is 1.84. The zero-order valence-electron chi connectivity index (χ0n) is 11.6. The van der Waals surface area contributed by atoms with E-state index in [1.165, 1.54) is 12.1 Å². The molecule has 8 heteroatoms. The van der Waals surface area contributed by atoms with E-state index >= 15 is 0 Å². The van der Waals surface area contributed by atoms with Crippen LogP contribution in [0.5, 0.6) is 5.75 Å². The average molecular weight is 409 g/mol. The van der Waals surface area contributed by atoms with Crippen molar-refractivity contribution in [3.63, 3.8) is 0 Å². The van der Waals surface area contributed by atoms with Gasteiger partial charge in [0.2, 0.25) is 0 Å². The van der Waals surface area contributed by atoms with Gasteiger partial charge >= 0.3 is 6.18 Å². The first-order valence-electron chi connectivity index (χ1n) is 6.27. The summed E-state index contributed by atoms with van der Waals surface area (Å²) in [6.07, 6.45) is -4.48. The van der Waals surface area contributed by atoms with Crippen molar-refractivity contribution in [2.24, 2.45) is 0 Å². The molecule has 0 aliphatic carbocycles. The Morgan fingerprint density at radius 3 is 2.48 bits per heavy atom. The predicted octanol–water partition coefficient (Wildman–Crippen LogP) is 5.39. The van der Waals surface area contributed by atoms with Crippen LogP contribution in [0.4, 0.5) is 18.9 Å². The molecule has 0 saturated carbocycles. The normalized spacial score (nSPS) is 11.4. The molecule has 0 radical (unpaired) electrons. The molecule has 0 unspecified atom stereocenters. The third-order valence-corrected chi connectivity index (χ3v) is 4.13. The Morgan fingerprint density at radius 1 is 1.26 bits per heavy atom. The van der Waals surface area contributed by atoms with Crippen molar-refractivity contribution in [1.82, 2.24) is 0 Å². The van der Waals surface area contributed by atoms with Gasteiger partial charge in [0.15, 0.2) is 0 Å². The highest BCUT2D eigenvalue weighted by Gasteiger charge is 2.31. The molecule has 0 fully saturated rings. The summed E-state index contributed by atoms with van der Waals surface area (Å²) in [4.78, 5) is 12.2. The molecule has 0 aliphatic rings. The van der Waals surface area contributed by atoms with Crippen molar-refractivity contribution in [2.45, 2.75) is 13.1 Å². The Morgan fingerprint density at radius 2 is 1.91 bits per heavy atom. The largest absolute Gasteiger partial charge is 0.507 e. The minimum absolute atomic E-state index is 0.0290. The first-order chi connectivity index (χ1) is 10.6. The first-order valence-corrected chi connectivity index (χ1v) is 7.44. The van der Waals surface area contributed by atoms with E-state index in [-0.39, 0.29) is 21.5 Å². The van der Waals surface area contributed by atoms with Crippen molar-refractivity contribution >= 4 is 39.1 Å². The summed E-state index contributed by atoms with van der Waals surface area (Å²) >= 11 is 8.82. The lowest BCUT2D eigenvalue weighted by Gasteiger charge is -2.12. The van der Waals surface area contributed by atoms with Gasteiger partial charge in [0.25, 0.3) is 5.91 Å². The van der Waals surface area contributed by atoms with Crippen molar-refractivity contribution < 1.29 is 23.1 Å². The second-order valence-electron chi connectivity index (χ2n) is 4.77. The van der Waals surface area contributed by atoms with Gasteiger partial charge in [-0.25, -0.2) is 0 Å². The summed E-state index contributed by atoms with van der Waals surface area (Å²) < 4.78 is 37.9. The number of amides is 1. The van der Waals surface area contributed by atoms with E-state index in [1.54, 1.807) is 6.92 Å². The number of aromatic hydroxyl groups is 1. The number of hydrogen-bond acceptors (Lipinski definition) is 2. The lowest BCUT2D eigenvalue weighted by Crippen LogP contribution is -2.13. The third kappa shape index (κ3) is 3.97. The molecule has 2 aromatic rings. The summed E-state index contributed by atoms with van der Waals surface area (Å²) in [5.41, 5.74) is -0.137. The van der Waals surface area contributed by atoms with Crippen LogP contribution in [0.15, 0.2) is 34.8 Å². The topological polar surface area (TPSA) is 49.3 Å². The van der Waals surface area contributed by atoms with E-state index < -0.39 is 17.6 Å². The Hall–Kier alpha value is -1.73. The summed E-state index contributed by atoms with van der Waals surface area (Å²) in [6.45, 7) is 1.66. The summed E-state index contributed by atoms with van der Waals surface area (Å²) in [7, 11) is 0.